The lowest BCUT2D eigenvalue weighted by Crippen LogP contribution is -2.60. The number of carboxylic acid groups (broad SMARTS) is 1. The van der Waals surface area contributed by atoms with Crippen molar-refractivity contribution in [1.82, 2.24) is 0 Å². The second-order valence-electron chi connectivity index (χ2n) is 21.7. The van der Waals surface area contributed by atoms with Crippen LogP contribution in [0.4, 0.5) is 0 Å². The van der Waals surface area contributed by atoms with Gasteiger partial charge < -0.3 is 143 Å². The van der Waals surface area contributed by atoms with Gasteiger partial charge in [0.2, 0.25) is 30.9 Å². The van der Waals surface area contributed by atoms with E-state index in [0.717, 1.165) is 42.5 Å². The topological polar surface area (TPSA) is 544 Å². The first kappa shape index (κ1) is 69.7. The summed E-state index contributed by atoms with van der Waals surface area (Å²) in [6.07, 6.45) is -34.8. The van der Waals surface area contributed by atoms with E-state index in [0.29, 0.717) is 11.1 Å². The third-order valence-corrected chi connectivity index (χ3v) is 15.0. The van der Waals surface area contributed by atoms with E-state index in [2.05, 4.69) is 0 Å². The minimum Gasteiger partial charge on any atom is -0.508 e. The maximum Gasteiger partial charge on any atom is 0.330 e. The number of ether oxygens (including phenoxy) is 11. The van der Waals surface area contributed by atoms with Gasteiger partial charge in [-0.3, -0.25) is 14.4 Å². The van der Waals surface area contributed by atoms with Crippen LogP contribution in [0, 0.1) is 0 Å². The van der Waals surface area contributed by atoms with E-state index in [1.807, 2.05) is 0 Å². The van der Waals surface area contributed by atoms with E-state index in [1.165, 1.54) is 48.6 Å². The van der Waals surface area contributed by atoms with Gasteiger partial charge in [0.05, 0.1) is 12.2 Å². The quantitative estimate of drug-likeness (QED) is 0.0135. The smallest absolute Gasteiger partial charge is 0.330 e. The Kier molecular flexibility index (Phi) is 22.4. The molecule has 1 aliphatic carbocycles. The fraction of sp³-hybridized carbons (Fsp3) is 0.417. The van der Waals surface area contributed by atoms with Crippen molar-refractivity contribution in [3.8, 4) is 62.9 Å². The number of aliphatic hydroxyl groups excluding tert-OH is 13. The minimum absolute atomic E-state index is 0.0171. The van der Waals surface area contributed by atoms with Gasteiger partial charge >= 0.3 is 23.9 Å². The van der Waals surface area contributed by atoms with Gasteiger partial charge in [0.1, 0.15) is 147 Å². The van der Waals surface area contributed by atoms with Gasteiger partial charge in [-0.2, -0.15) is 0 Å². The van der Waals surface area contributed by atoms with E-state index >= 15 is 0 Å². The van der Waals surface area contributed by atoms with Gasteiger partial charge in [-0.15, -0.1) is 0 Å². The Labute approximate surface area is 528 Å². The highest BCUT2D eigenvalue weighted by Gasteiger charge is 2.50. The SMILES string of the molecule is O=C(O)CC(=O)OCC1OC(Oc2cc3c(O)cc(=O)cc-3oc2-c2cc(OC3OC(CO)C(O)C(O)C3O)c(O)c(OC3OC(COC(=O)C=Cc4ccc(OC5OC(COC(=O)C=Cc6ccc(O)cc6)C(O)C(O)C5O)cc4)C(O)C(O)C3O)c2)C(O)C(O)C1O. The molecule has 0 saturated carbocycles. The van der Waals surface area contributed by atoms with Crippen molar-refractivity contribution in [2.45, 2.75) is 129 Å². The molecule has 508 valence electrons. The standard InChI is InChI=1S/C60H64O34/c61-19-35-44(71)48(75)53(80)58(91-35)88-32-13-25(56-34(17-29-30(64)15-27(63)16-31(29)87-56)90-60-55(82)51(78)47(74)38(94-60)22-85-42(69)18-39(65)66)14-33(43(32)70)89-59-54(81)50(77)46(73)37(93-59)21-84-41(68)12-6-24-3-9-28(10-4-24)86-57-52(79)49(76)45(72)36(92-57)20-83-40(67)11-5-23-1-7-26(62)8-2-23/h1-17,35-38,44-55,57-62,64,70-82H,18-22H2,(H,65,66). The van der Waals surface area contributed by atoms with Gasteiger partial charge in [0.25, 0.3) is 0 Å². The summed E-state index contributed by atoms with van der Waals surface area (Å²) >= 11 is 0. The lowest BCUT2D eigenvalue weighted by atomic mass is 9.99. The molecule has 4 saturated heterocycles. The number of esters is 3. The van der Waals surface area contributed by atoms with Crippen molar-refractivity contribution in [3.63, 3.8) is 0 Å². The molecule has 5 aliphatic heterocycles. The Morgan fingerprint density at radius 2 is 0.883 bits per heavy atom. The number of carbonyl (C=O) groups is 4. The summed E-state index contributed by atoms with van der Waals surface area (Å²) in [6, 6.07) is 16.0. The van der Waals surface area contributed by atoms with Crippen LogP contribution in [0.5, 0.6) is 40.2 Å². The third-order valence-electron chi connectivity index (χ3n) is 15.0. The third kappa shape index (κ3) is 16.3. The van der Waals surface area contributed by atoms with Crippen LogP contribution >= 0.6 is 0 Å². The average molecular weight is 1330 g/mol. The number of rotatable bonds is 22. The lowest BCUT2D eigenvalue weighted by Gasteiger charge is -2.40. The summed E-state index contributed by atoms with van der Waals surface area (Å²) in [5, 5.41) is 181. The number of aliphatic carboxylic acids is 1. The molecule has 0 aromatic heterocycles. The fourth-order valence-electron chi connectivity index (χ4n) is 9.83. The first-order valence-corrected chi connectivity index (χ1v) is 28.4. The zero-order valence-electron chi connectivity index (χ0n) is 48.4. The van der Waals surface area contributed by atoms with Crippen molar-refractivity contribution in [3.05, 3.63) is 112 Å². The highest BCUT2D eigenvalue weighted by atomic mass is 16.7. The molecule has 20 unspecified atom stereocenters. The van der Waals surface area contributed by atoms with Gasteiger partial charge in [-0.25, -0.2) is 9.59 Å². The number of carbonyl (C=O) groups excluding carboxylic acids is 3. The highest BCUT2D eigenvalue weighted by molar-refractivity contribution is 5.90. The monoisotopic (exact) mass is 1330 g/mol. The Morgan fingerprint density at radius 1 is 0.468 bits per heavy atom. The number of aromatic hydroxyl groups is 3. The number of aliphatic hydroxyl groups is 13. The molecule has 34 heteroatoms. The molecule has 3 aromatic carbocycles. The normalized spacial score (nSPS) is 31.2. The summed E-state index contributed by atoms with van der Waals surface area (Å²) in [6.45, 7) is -3.28. The van der Waals surface area contributed by atoms with E-state index in [-0.39, 0.29) is 17.1 Å². The fourth-order valence-corrected chi connectivity index (χ4v) is 9.83. The van der Waals surface area contributed by atoms with Crippen LogP contribution in [0.25, 0.3) is 34.8 Å². The Morgan fingerprint density at radius 3 is 1.34 bits per heavy atom. The molecular weight excluding hydrogens is 1260 g/mol. The number of benzene rings is 4. The van der Waals surface area contributed by atoms with Crippen LogP contribution < -0.4 is 24.4 Å². The van der Waals surface area contributed by atoms with Crippen LogP contribution in [-0.2, 0) is 52.3 Å². The first-order chi connectivity index (χ1) is 44.7. The van der Waals surface area contributed by atoms with Crippen LogP contribution in [0.3, 0.4) is 0 Å². The van der Waals surface area contributed by atoms with Crippen LogP contribution in [-0.4, -0.2) is 260 Å². The second-order valence-corrected chi connectivity index (χ2v) is 21.7. The first-order valence-electron chi connectivity index (χ1n) is 28.4. The molecule has 0 radical (unpaired) electrons. The summed E-state index contributed by atoms with van der Waals surface area (Å²) in [4.78, 5) is 61.3. The number of hydrogen-bond donors (Lipinski definition) is 17. The van der Waals surface area contributed by atoms with Crippen LogP contribution in [0.2, 0.25) is 0 Å². The number of phenolic OH excluding ortho intramolecular Hbond substituents is 3. The van der Waals surface area contributed by atoms with Gasteiger partial charge in [0, 0.05) is 29.8 Å². The highest BCUT2D eigenvalue weighted by Crippen LogP contribution is 2.48. The molecule has 17 N–H and O–H groups in total. The van der Waals surface area contributed by atoms with E-state index < -0.39 is 231 Å². The zero-order chi connectivity index (χ0) is 68.0. The predicted molar refractivity (Wildman–Crippen MR) is 304 cm³/mol. The van der Waals surface area contributed by atoms with Crippen molar-refractivity contribution in [2.75, 3.05) is 26.4 Å². The Bertz CT molecular complexity index is 3540. The van der Waals surface area contributed by atoms with E-state index in [4.69, 9.17) is 61.6 Å². The number of phenols is 3. The second kappa shape index (κ2) is 30.2. The lowest BCUT2D eigenvalue weighted by molar-refractivity contribution is -0.279. The van der Waals surface area contributed by atoms with Crippen molar-refractivity contribution in [2.24, 2.45) is 0 Å². The van der Waals surface area contributed by atoms with Crippen LogP contribution in [0.15, 0.2) is 100 Å². The Balaban J connectivity index is 0.919. The average Bonchev–Trinajstić information content (AvgIpc) is 0.766. The van der Waals surface area contributed by atoms with Crippen molar-refractivity contribution in [1.29, 1.82) is 0 Å². The van der Waals surface area contributed by atoms with Crippen molar-refractivity contribution >= 4 is 36.0 Å². The Hall–Kier alpha value is -8.63. The molecule has 94 heavy (non-hydrogen) atoms. The summed E-state index contributed by atoms with van der Waals surface area (Å²) in [5.41, 5.74) is -0.590. The molecule has 0 amide bonds. The number of hydrogen-bond acceptors (Lipinski definition) is 33. The molecule has 20 atom stereocenters. The summed E-state index contributed by atoms with van der Waals surface area (Å²) in [7, 11) is 0. The molecule has 6 aliphatic rings. The molecule has 0 bridgehead atoms. The molecule has 34 nitrogen and oxygen atoms in total. The molecule has 5 heterocycles. The zero-order valence-corrected chi connectivity index (χ0v) is 48.4. The van der Waals surface area contributed by atoms with Crippen molar-refractivity contribution < 1.29 is 163 Å². The summed E-state index contributed by atoms with van der Waals surface area (Å²) in [5.74, 6) is -9.75. The van der Waals surface area contributed by atoms with E-state index in [1.54, 1.807) is 12.1 Å². The molecule has 0 spiro atoms. The van der Waals surface area contributed by atoms with Crippen LogP contribution in [0.1, 0.15) is 17.5 Å². The summed E-state index contributed by atoms with van der Waals surface area (Å²) < 4.78 is 67.3. The predicted octanol–water partition coefficient (Wildman–Crippen LogP) is -4.20. The number of carboxylic acids is 1. The van der Waals surface area contributed by atoms with Gasteiger partial charge in [-0.05, 0) is 65.7 Å². The minimum atomic E-state index is -2.22. The van der Waals surface area contributed by atoms with Gasteiger partial charge in [0.15, 0.2) is 28.4 Å². The number of fused-ring (bicyclic) bond motifs is 1. The van der Waals surface area contributed by atoms with E-state index in [9.17, 15) is 106 Å². The largest absolute Gasteiger partial charge is 0.508 e. The van der Waals surface area contributed by atoms with Gasteiger partial charge in [-0.1, -0.05) is 24.3 Å². The molecule has 3 aromatic rings. The molecular formula is C60H64O34. The maximum atomic E-state index is 13.1. The molecule has 9 rings (SSSR count). The maximum absolute atomic E-state index is 13.1. The molecule has 4 fully saturated rings.